The highest BCUT2D eigenvalue weighted by Crippen LogP contribution is 2.36. The molecule has 0 spiro atoms. The fraction of sp³-hybridized carbons (Fsp3) is 0.591. The summed E-state index contributed by atoms with van der Waals surface area (Å²) in [6, 6.07) is 8.65. The van der Waals surface area contributed by atoms with Crippen LogP contribution < -0.4 is 5.32 Å². The lowest BCUT2D eigenvalue weighted by molar-refractivity contribution is -0.149. The van der Waals surface area contributed by atoms with Crippen LogP contribution in [0.5, 0.6) is 0 Å². The third kappa shape index (κ3) is 4.91. The van der Waals surface area contributed by atoms with E-state index < -0.39 is 17.4 Å². The summed E-state index contributed by atoms with van der Waals surface area (Å²) in [5.74, 6) is -0.914. The second kappa shape index (κ2) is 9.22. The maximum absolute atomic E-state index is 13.0. The van der Waals surface area contributed by atoms with Crippen LogP contribution in [0.4, 0.5) is 0 Å². The van der Waals surface area contributed by atoms with Crippen LogP contribution in [0.3, 0.4) is 0 Å². The summed E-state index contributed by atoms with van der Waals surface area (Å²) in [6.07, 6.45) is 1.11. The number of nitrogens with zero attached hydrogens (tertiary/aromatic N) is 1. The van der Waals surface area contributed by atoms with E-state index in [4.69, 9.17) is 0 Å². The highest BCUT2D eigenvalue weighted by molar-refractivity contribution is 5.88. The van der Waals surface area contributed by atoms with Gasteiger partial charge in [0, 0.05) is 19.5 Å². The van der Waals surface area contributed by atoms with Crippen LogP contribution >= 0.6 is 0 Å². The molecule has 2 rings (SSSR count). The molecule has 1 saturated heterocycles. The minimum Gasteiger partial charge on any atom is -0.481 e. The molecule has 1 heterocycles. The monoisotopic (exact) mass is 388 g/mol. The van der Waals surface area contributed by atoms with E-state index in [0.717, 1.165) is 5.56 Å². The molecule has 28 heavy (non-hydrogen) atoms. The van der Waals surface area contributed by atoms with E-state index in [1.165, 1.54) is 0 Å². The van der Waals surface area contributed by atoms with E-state index >= 15 is 0 Å². The smallest absolute Gasteiger partial charge is 0.314 e. The number of likely N-dealkylation sites (tertiary alicyclic amines) is 1. The predicted octanol–water partition coefficient (Wildman–Crippen LogP) is 2.82. The van der Waals surface area contributed by atoms with Crippen LogP contribution in [0, 0.1) is 11.8 Å². The zero-order valence-electron chi connectivity index (χ0n) is 17.3. The summed E-state index contributed by atoms with van der Waals surface area (Å²) in [5, 5.41) is 12.8. The molecular weight excluding hydrogens is 356 g/mol. The van der Waals surface area contributed by atoms with E-state index in [0.29, 0.717) is 32.4 Å². The van der Waals surface area contributed by atoms with Gasteiger partial charge in [0.1, 0.15) is 6.04 Å². The molecule has 0 aliphatic carbocycles. The first-order valence-electron chi connectivity index (χ1n) is 10.0. The quantitative estimate of drug-likeness (QED) is 0.752. The molecule has 1 aliphatic rings. The average molecular weight is 389 g/mol. The van der Waals surface area contributed by atoms with Crippen molar-refractivity contribution in [2.45, 2.75) is 58.4 Å². The number of amides is 2. The highest BCUT2D eigenvalue weighted by atomic mass is 16.4. The van der Waals surface area contributed by atoms with Gasteiger partial charge in [0.15, 0.2) is 0 Å². The Morgan fingerprint density at radius 3 is 2.11 bits per heavy atom. The normalized spacial score (nSPS) is 17.4. The van der Waals surface area contributed by atoms with Crippen molar-refractivity contribution >= 4 is 17.8 Å². The van der Waals surface area contributed by atoms with Crippen LogP contribution in [-0.2, 0) is 19.8 Å². The first kappa shape index (κ1) is 21.9. The zero-order valence-corrected chi connectivity index (χ0v) is 17.3. The fourth-order valence-electron chi connectivity index (χ4n) is 3.81. The number of hydrogen-bond donors (Lipinski definition) is 2. The van der Waals surface area contributed by atoms with Gasteiger partial charge in [0.25, 0.3) is 0 Å². The fourth-order valence-corrected chi connectivity index (χ4v) is 3.81. The number of benzene rings is 1. The molecule has 154 valence electrons. The van der Waals surface area contributed by atoms with Crippen molar-refractivity contribution in [3.05, 3.63) is 35.9 Å². The summed E-state index contributed by atoms with van der Waals surface area (Å²) < 4.78 is 0. The first-order valence-corrected chi connectivity index (χ1v) is 10.0. The van der Waals surface area contributed by atoms with Crippen molar-refractivity contribution < 1.29 is 19.5 Å². The van der Waals surface area contributed by atoms with E-state index in [2.05, 4.69) is 5.32 Å². The molecule has 1 atom stereocenters. The number of aliphatic carboxylic acids is 1. The van der Waals surface area contributed by atoms with Crippen molar-refractivity contribution in [1.29, 1.82) is 0 Å². The minimum atomic E-state index is -0.966. The molecule has 6 heteroatoms. The van der Waals surface area contributed by atoms with Crippen molar-refractivity contribution in [1.82, 2.24) is 10.2 Å². The zero-order chi connectivity index (χ0) is 20.9. The Labute approximate surface area is 167 Å². The molecule has 0 aromatic heterocycles. The summed E-state index contributed by atoms with van der Waals surface area (Å²) in [6.45, 7) is 8.48. The number of hydrogen-bond acceptors (Lipinski definition) is 3. The molecule has 2 amide bonds. The molecule has 0 radical (unpaired) electrons. The Balaban J connectivity index is 2.10. The van der Waals surface area contributed by atoms with Gasteiger partial charge in [-0.05, 0) is 30.2 Å². The van der Waals surface area contributed by atoms with E-state index in [1.54, 1.807) is 4.90 Å². The molecule has 1 aliphatic heterocycles. The average Bonchev–Trinajstić information content (AvgIpc) is 2.65. The molecule has 0 saturated carbocycles. The van der Waals surface area contributed by atoms with Crippen LogP contribution in [0.2, 0.25) is 0 Å². The summed E-state index contributed by atoms with van der Waals surface area (Å²) in [7, 11) is 0. The number of carbonyl (C=O) groups is 3. The minimum absolute atomic E-state index is 0.0381. The van der Waals surface area contributed by atoms with Gasteiger partial charge >= 0.3 is 5.97 Å². The SMILES string of the molecule is CC(C)CC(=O)NC(C(=O)N1CCC(C(=O)O)(c2ccccc2)CC1)C(C)C. The Bertz CT molecular complexity index is 692. The lowest BCUT2D eigenvalue weighted by Crippen LogP contribution is -2.55. The third-order valence-electron chi connectivity index (χ3n) is 5.51. The van der Waals surface area contributed by atoms with Gasteiger partial charge in [-0.1, -0.05) is 58.0 Å². The Kier molecular flexibility index (Phi) is 7.22. The second-order valence-electron chi connectivity index (χ2n) is 8.47. The maximum atomic E-state index is 13.0. The summed E-state index contributed by atoms with van der Waals surface area (Å²) in [5.41, 5.74) is -0.188. The van der Waals surface area contributed by atoms with E-state index in [-0.39, 0.29) is 23.7 Å². The Morgan fingerprint density at radius 1 is 1.07 bits per heavy atom. The lowest BCUT2D eigenvalue weighted by atomic mass is 9.72. The molecule has 1 fully saturated rings. The highest BCUT2D eigenvalue weighted by Gasteiger charge is 2.44. The van der Waals surface area contributed by atoms with E-state index in [9.17, 15) is 19.5 Å². The topological polar surface area (TPSA) is 86.7 Å². The Morgan fingerprint density at radius 2 is 1.64 bits per heavy atom. The molecule has 0 bridgehead atoms. The van der Waals surface area contributed by atoms with Gasteiger partial charge < -0.3 is 15.3 Å². The van der Waals surface area contributed by atoms with Crippen molar-refractivity contribution in [2.75, 3.05) is 13.1 Å². The van der Waals surface area contributed by atoms with Gasteiger partial charge in [-0.15, -0.1) is 0 Å². The molecule has 1 aromatic carbocycles. The number of carbonyl (C=O) groups excluding carboxylic acids is 2. The largest absolute Gasteiger partial charge is 0.481 e. The second-order valence-corrected chi connectivity index (χ2v) is 8.47. The molecular formula is C22H32N2O4. The van der Waals surface area contributed by atoms with Gasteiger partial charge in [-0.2, -0.15) is 0 Å². The van der Waals surface area contributed by atoms with Crippen LogP contribution in [0.1, 0.15) is 52.5 Å². The third-order valence-corrected chi connectivity index (χ3v) is 5.51. The first-order chi connectivity index (χ1) is 13.2. The van der Waals surface area contributed by atoms with Crippen LogP contribution in [0.25, 0.3) is 0 Å². The van der Waals surface area contributed by atoms with Crippen molar-refractivity contribution in [3.63, 3.8) is 0 Å². The molecule has 6 nitrogen and oxygen atoms in total. The van der Waals surface area contributed by atoms with Gasteiger partial charge in [0.2, 0.25) is 11.8 Å². The van der Waals surface area contributed by atoms with Crippen molar-refractivity contribution in [2.24, 2.45) is 11.8 Å². The van der Waals surface area contributed by atoms with Gasteiger partial charge in [-0.3, -0.25) is 14.4 Å². The predicted molar refractivity (Wildman–Crippen MR) is 108 cm³/mol. The molecule has 1 aromatic rings. The van der Waals surface area contributed by atoms with Gasteiger partial charge in [-0.25, -0.2) is 0 Å². The van der Waals surface area contributed by atoms with Crippen LogP contribution in [-0.4, -0.2) is 46.9 Å². The Hall–Kier alpha value is -2.37. The standard InChI is InChI=1S/C22H32N2O4/c1-15(2)14-18(25)23-19(16(3)4)20(26)24-12-10-22(11-13-24,21(27)28)17-8-6-5-7-9-17/h5-9,15-16,19H,10-14H2,1-4H3,(H,23,25)(H,27,28). The van der Waals surface area contributed by atoms with E-state index in [1.807, 2.05) is 58.0 Å². The van der Waals surface area contributed by atoms with Crippen LogP contribution in [0.15, 0.2) is 30.3 Å². The number of carboxylic acids is 1. The lowest BCUT2D eigenvalue weighted by Gasteiger charge is -2.40. The molecule has 1 unspecified atom stereocenters. The van der Waals surface area contributed by atoms with Gasteiger partial charge in [0.05, 0.1) is 5.41 Å². The summed E-state index contributed by atoms with van der Waals surface area (Å²) in [4.78, 5) is 39.0. The number of nitrogens with one attached hydrogen (secondary N) is 1. The maximum Gasteiger partial charge on any atom is 0.314 e. The van der Waals surface area contributed by atoms with Crippen molar-refractivity contribution in [3.8, 4) is 0 Å². The molecule has 2 N–H and O–H groups in total. The number of piperidine rings is 1. The summed E-state index contributed by atoms with van der Waals surface area (Å²) >= 11 is 0. The number of rotatable bonds is 7. The number of carboxylic acid groups (broad SMARTS) is 1.